The van der Waals surface area contributed by atoms with Crippen LogP contribution in [0.2, 0.25) is 0 Å². The number of carbonyl (C=O) groups is 1. The number of hydrogen-bond acceptors (Lipinski definition) is 2. The van der Waals surface area contributed by atoms with E-state index < -0.39 is 0 Å². The van der Waals surface area contributed by atoms with E-state index in [1.807, 2.05) is 13.8 Å². The molecule has 104 valence electrons. The van der Waals surface area contributed by atoms with Crippen molar-refractivity contribution in [3.63, 3.8) is 0 Å². The molecule has 0 bridgehead atoms. The van der Waals surface area contributed by atoms with Crippen LogP contribution >= 0.6 is 0 Å². The van der Waals surface area contributed by atoms with E-state index in [9.17, 15) is 4.79 Å². The first-order chi connectivity index (χ1) is 9.60. The Morgan fingerprint density at radius 2 is 1.95 bits per heavy atom. The Kier molecular flexibility index (Phi) is 4.51. The normalized spacial score (nSPS) is 11.9. The molecular weight excluding hydrogens is 248 g/mol. The first-order valence-corrected chi connectivity index (χ1v) is 6.92. The largest absolute Gasteiger partial charge is 0.346 e. The van der Waals surface area contributed by atoms with Gasteiger partial charge in [-0.1, -0.05) is 31.2 Å². The SMILES string of the molecule is CCc1ccc(C(C)NC(=O)c2ccnc(C)c2)cc1. The number of rotatable bonds is 4. The maximum atomic E-state index is 12.2. The molecule has 0 aliphatic rings. The summed E-state index contributed by atoms with van der Waals surface area (Å²) in [7, 11) is 0. The molecular formula is C17H20N2O. The molecule has 1 aromatic carbocycles. The van der Waals surface area contributed by atoms with Gasteiger partial charge in [0.1, 0.15) is 0 Å². The quantitative estimate of drug-likeness (QED) is 0.923. The van der Waals surface area contributed by atoms with Crippen LogP contribution < -0.4 is 5.32 Å². The minimum Gasteiger partial charge on any atom is -0.346 e. The van der Waals surface area contributed by atoms with Crippen LogP contribution in [0.1, 0.15) is 47.1 Å². The number of carbonyl (C=O) groups excluding carboxylic acids is 1. The maximum absolute atomic E-state index is 12.2. The minimum absolute atomic E-state index is 0.0122. The summed E-state index contributed by atoms with van der Waals surface area (Å²) < 4.78 is 0. The standard InChI is InChI=1S/C17H20N2O/c1-4-14-5-7-15(8-6-14)13(3)19-17(20)16-9-10-18-12(2)11-16/h5-11,13H,4H2,1-3H3,(H,19,20). The summed E-state index contributed by atoms with van der Waals surface area (Å²) in [5.41, 5.74) is 3.91. The molecule has 1 aromatic heterocycles. The number of pyridine rings is 1. The highest BCUT2D eigenvalue weighted by atomic mass is 16.1. The summed E-state index contributed by atoms with van der Waals surface area (Å²) >= 11 is 0. The van der Waals surface area contributed by atoms with Crippen molar-refractivity contribution in [3.05, 3.63) is 65.0 Å². The summed E-state index contributed by atoms with van der Waals surface area (Å²) in [4.78, 5) is 16.3. The molecule has 1 atom stereocenters. The number of nitrogens with one attached hydrogen (secondary N) is 1. The molecule has 20 heavy (non-hydrogen) atoms. The van der Waals surface area contributed by atoms with Crippen LogP contribution in [0.3, 0.4) is 0 Å². The molecule has 3 nitrogen and oxygen atoms in total. The zero-order valence-corrected chi connectivity index (χ0v) is 12.2. The molecule has 0 aliphatic heterocycles. The van der Waals surface area contributed by atoms with E-state index in [1.165, 1.54) is 5.56 Å². The van der Waals surface area contributed by atoms with Crippen LogP contribution in [0, 0.1) is 6.92 Å². The Balaban J connectivity index is 2.06. The van der Waals surface area contributed by atoms with E-state index in [4.69, 9.17) is 0 Å². The van der Waals surface area contributed by atoms with Gasteiger partial charge in [0.15, 0.2) is 0 Å². The molecule has 1 heterocycles. The first kappa shape index (κ1) is 14.3. The number of benzene rings is 1. The lowest BCUT2D eigenvalue weighted by Gasteiger charge is -2.15. The van der Waals surface area contributed by atoms with Crippen molar-refractivity contribution in [2.75, 3.05) is 0 Å². The van der Waals surface area contributed by atoms with Crippen molar-refractivity contribution in [3.8, 4) is 0 Å². The second-order valence-electron chi connectivity index (χ2n) is 4.98. The lowest BCUT2D eigenvalue weighted by atomic mass is 10.0. The fourth-order valence-corrected chi connectivity index (χ4v) is 2.09. The van der Waals surface area contributed by atoms with Gasteiger partial charge in [0.2, 0.25) is 0 Å². The van der Waals surface area contributed by atoms with Crippen LogP contribution in [0.25, 0.3) is 0 Å². The van der Waals surface area contributed by atoms with Crippen LogP contribution in [-0.2, 0) is 6.42 Å². The van der Waals surface area contributed by atoms with Gasteiger partial charge in [-0.2, -0.15) is 0 Å². The zero-order valence-electron chi connectivity index (χ0n) is 12.2. The lowest BCUT2D eigenvalue weighted by molar-refractivity contribution is 0.0939. The predicted molar refractivity (Wildman–Crippen MR) is 80.7 cm³/mol. The topological polar surface area (TPSA) is 42.0 Å². The van der Waals surface area contributed by atoms with Gasteiger partial charge in [-0.05, 0) is 43.5 Å². The third-order valence-electron chi connectivity index (χ3n) is 3.39. The highest BCUT2D eigenvalue weighted by Crippen LogP contribution is 2.14. The molecule has 2 rings (SSSR count). The molecule has 0 spiro atoms. The Bertz CT molecular complexity index is 590. The molecule has 2 aromatic rings. The van der Waals surface area contributed by atoms with Crippen LogP contribution in [0.15, 0.2) is 42.6 Å². The molecule has 0 saturated heterocycles. The Morgan fingerprint density at radius 1 is 1.25 bits per heavy atom. The van der Waals surface area contributed by atoms with E-state index in [0.717, 1.165) is 17.7 Å². The van der Waals surface area contributed by atoms with E-state index in [0.29, 0.717) is 5.56 Å². The average molecular weight is 268 g/mol. The van der Waals surface area contributed by atoms with E-state index in [1.54, 1.807) is 18.3 Å². The summed E-state index contributed by atoms with van der Waals surface area (Å²) in [5.74, 6) is -0.0671. The van der Waals surface area contributed by atoms with Gasteiger partial charge < -0.3 is 5.32 Å². The van der Waals surface area contributed by atoms with E-state index in [2.05, 4.69) is 41.5 Å². The van der Waals surface area contributed by atoms with Gasteiger partial charge in [0, 0.05) is 17.5 Å². The van der Waals surface area contributed by atoms with Crippen LogP contribution in [-0.4, -0.2) is 10.9 Å². The lowest BCUT2D eigenvalue weighted by Crippen LogP contribution is -2.26. The molecule has 0 saturated carbocycles. The van der Waals surface area contributed by atoms with E-state index >= 15 is 0 Å². The predicted octanol–water partition coefficient (Wildman–Crippen LogP) is 3.44. The van der Waals surface area contributed by atoms with Gasteiger partial charge in [-0.15, -0.1) is 0 Å². The van der Waals surface area contributed by atoms with Gasteiger partial charge >= 0.3 is 0 Å². The Labute approximate surface area is 120 Å². The van der Waals surface area contributed by atoms with Crippen molar-refractivity contribution in [1.82, 2.24) is 10.3 Å². The van der Waals surface area contributed by atoms with Crippen molar-refractivity contribution >= 4 is 5.91 Å². The second kappa shape index (κ2) is 6.33. The van der Waals surface area contributed by atoms with Gasteiger partial charge in [-0.25, -0.2) is 0 Å². The molecule has 0 aliphatic carbocycles. The Hall–Kier alpha value is -2.16. The van der Waals surface area contributed by atoms with Crippen molar-refractivity contribution in [2.24, 2.45) is 0 Å². The van der Waals surface area contributed by atoms with Crippen LogP contribution in [0.5, 0.6) is 0 Å². The Morgan fingerprint density at radius 3 is 2.55 bits per heavy atom. The summed E-state index contributed by atoms with van der Waals surface area (Å²) in [6.45, 7) is 6.00. The molecule has 0 radical (unpaired) electrons. The summed E-state index contributed by atoms with van der Waals surface area (Å²) in [6.07, 6.45) is 2.68. The second-order valence-corrected chi connectivity index (χ2v) is 4.98. The highest BCUT2D eigenvalue weighted by molar-refractivity contribution is 5.94. The monoisotopic (exact) mass is 268 g/mol. The molecule has 1 unspecified atom stereocenters. The third-order valence-corrected chi connectivity index (χ3v) is 3.39. The molecule has 3 heteroatoms. The zero-order chi connectivity index (χ0) is 14.5. The van der Waals surface area contributed by atoms with Crippen LogP contribution in [0.4, 0.5) is 0 Å². The number of aromatic nitrogens is 1. The fourth-order valence-electron chi connectivity index (χ4n) is 2.09. The van der Waals surface area contributed by atoms with Crippen molar-refractivity contribution in [1.29, 1.82) is 0 Å². The maximum Gasteiger partial charge on any atom is 0.251 e. The average Bonchev–Trinajstić information content (AvgIpc) is 2.47. The molecule has 1 N–H and O–H groups in total. The first-order valence-electron chi connectivity index (χ1n) is 6.92. The van der Waals surface area contributed by atoms with Crippen molar-refractivity contribution < 1.29 is 4.79 Å². The third kappa shape index (κ3) is 3.44. The fraction of sp³-hybridized carbons (Fsp3) is 0.294. The number of nitrogens with zero attached hydrogens (tertiary/aromatic N) is 1. The number of aryl methyl sites for hydroxylation is 2. The minimum atomic E-state index is -0.0671. The number of amides is 1. The smallest absolute Gasteiger partial charge is 0.251 e. The molecule has 1 amide bonds. The number of hydrogen-bond donors (Lipinski definition) is 1. The van der Waals surface area contributed by atoms with Gasteiger partial charge in [0.25, 0.3) is 5.91 Å². The summed E-state index contributed by atoms with van der Waals surface area (Å²) in [5, 5.41) is 3.01. The van der Waals surface area contributed by atoms with Gasteiger partial charge in [0.05, 0.1) is 6.04 Å². The van der Waals surface area contributed by atoms with E-state index in [-0.39, 0.29) is 11.9 Å². The highest BCUT2D eigenvalue weighted by Gasteiger charge is 2.11. The van der Waals surface area contributed by atoms with Gasteiger partial charge in [-0.3, -0.25) is 9.78 Å². The van der Waals surface area contributed by atoms with Crippen molar-refractivity contribution in [2.45, 2.75) is 33.2 Å². The molecule has 0 fully saturated rings. The summed E-state index contributed by atoms with van der Waals surface area (Å²) in [6, 6.07) is 11.9.